The Morgan fingerprint density at radius 3 is 2.44 bits per heavy atom. The van der Waals surface area contributed by atoms with Gasteiger partial charge < -0.3 is 24.6 Å². The lowest BCUT2D eigenvalue weighted by Crippen LogP contribution is -2.55. The molecule has 0 saturated carbocycles. The molecule has 0 radical (unpaired) electrons. The standard InChI is InChI=1S/C17H31N5O3/c1-18-17(19-4-5-20-10-13-24-14-11-20)22-8-6-21(7-9-22)16(23)15-3-2-12-25-15/h15H,2-14H2,1H3,(H,18,19). The summed E-state index contributed by atoms with van der Waals surface area (Å²) in [4.78, 5) is 23.4. The van der Waals surface area contributed by atoms with Gasteiger partial charge >= 0.3 is 0 Å². The minimum Gasteiger partial charge on any atom is -0.379 e. The van der Waals surface area contributed by atoms with Crippen LogP contribution in [0.3, 0.4) is 0 Å². The summed E-state index contributed by atoms with van der Waals surface area (Å²) in [6.07, 6.45) is 1.65. The summed E-state index contributed by atoms with van der Waals surface area (Å²) in [7, 11) is 1.82. The van der Waals surface area contributed by atoms with E-state index in [1.54, 1.807) is 0 Å². The van der Waals surface area contributed by atoms with Gasteiger partial charge in [0, 0.05) is 66.0 Å². The summed E-state index contributed by atoms with van der Waals surface area (Å²) in [5, 5.41) is 3.45. The van der Waals surface area contributed by atoms with Gasteiger partial charge in [-0.2, -0.15) is 0 Å². The maximum Gasteiger partial charge on any atom is 0.251 e. The molecule has 142 valence electrons. The molecular weight excluding hydrogens is 322 g/mol. The topological polar surface area (TPSA) is 69.6 Å². The Balaban J connectivity index is 1.38. The van der Waals surface area contributed by atoms with E-state index in [0.717, 1.165) is 91.0 Å². The maximum atomic E-state index is 12.4. The van der Waals surface area contributed by atoms with Gasteiger partial charge in [-0.3, -0.25) is 14.7 Å². The number of guanidine groups is 1. The maximum absolute atomic E-state index is 12.4. The van der Waals surface area contributed by atoms with E-state index in [-0.39, 0.29) is 12.0 Å². The van der Waals surface area contributed by atoms with E-state index in [2.05, 4.69) is 20.1 Å². The van der Waals surface area contributed by atoms with Gasteiger partial charge in [0.15, 0.2) is 5.96 Å². The van der Waals surface area contributed by atoms with Crippen LogP contribution in [0.4, 0.5) is 0 Å². The molecule has 3 saturated heterocycles. The zero-order valence-electron chi connectivity index (χ0n) is 15.3. The van der Waals surface area contributed by atoms with Crippen molar-refractivity contribution in [3.63, 3.8) is 0 Å². The summed E-state index contributed by atoms with van der Waals surface area (Å²) in [5.41, 5.74) is 0. The normalized spacial score (nSPS) is 26.1. The summed E-state index contributed by atoms with van der Waals surface area (Å²) in [6, 6.07) is 0. The van der Waals surface area contributed by atoms with E-state index in [9.17, 15) is 4.79 Å². The second-order valence-electron chi connectivity index (χ2n) is 6.74. The Bertz CT molecular complexity index is 453. The molecule has 1 N–H and O–H groups in total. The predicted octanol–water partition coefficient (Wildman–Crippen LogP) is -0.783. The van der Waals surface area contributed by atoms with Gasteiger partial charge in [-0.15, -0.1) is 0 Å². The highest BCUT2D eigenvalue weighted by Crippen LogP contribution is 2.16. The fraction of sp³-hybridized carbons (Fsp3) is 0.882. The van der Waals surface area contributed by atoms with E-state index in [0.29, 0.717) is 0 Å². The minimum absolute atomic E-state index is 0.160. The number of nitrogens with zero attached hydrogens (tertiary/aromatic N) is 4. The van der Waals surface area contributed by atoms with Crippen molar-refractivity contribution in [1.82, 2.24) is 20.0 Å². The van der Waals surface area contributed by atoms with Crippen LogP contribution in [0.1, 0.15) is 12.8 Å². The Labute approximate surface area is 150 Å². The molecule has 0 bridgehead atoms. The van der Waals surface area contributed by atoms with Gasteiger partial charge in [-0.25, -0.2) is 0 Å². The van der Waals surface area contributed by atoms with Crippen molar-refractivity contribution in [3.05, 3.63) is 0 Å². The number of piperazine rings is 1. The second kappa shape index (κ2) is 9.35. The molecule has 0 aromatic carbocycles. The first-order valence-electron chi connectivity index (χ1n) is 9.44. The fourth-order valence-corrected chi connectivity index (χ4v) is 3.60. The van der Waals surface area contributed by atoms with E-state index in [1.807, 2.05) is 11.9 Å². The third kappa shape index (κ3) is 5.05. The molecule has 3 aliphatic heterocycles. The molecular formula is C17H31N5O3. The number of amides is 1. The fourth-order valence-electron chi connectivity index (χ4n) is 3.60. The molecule has 3 aliphatic rings. The first kappa shape index (κ1) is 18.4. The van der Waals surface area contributed by atoms with E-state index < -0.39 is 0 Å². The smallest absolute Gasteiger partial charge is 0.251 e. The number of hydrogen-bond donors (Lipinski definition) is 1. The summed E-state index contributed by atoms with van der Waals surface area (Å²) in [6.45, 7) is 9.37. The van der Waals surface area contributed by atoms with Crippen molar-refractivity contribution in [2.45, 2.75) is 18.9 Å². The van der Waals surface area contributed by atoms with Crippen LogP contribution >= 0.6 is 0 Å². The molecule has 8 heteroatoms. The molecule has 8 nitrogen and oxygen atoms in total. The SMILES string of the molecule is CN=C(NCCN1CCOCC1)N1CCN(C(=O)C2CCCO2)CC1. The third-order valence-corrected chi connectivity index (χ3v) is 5.12. The van der Waals surface area contributed by atoms with Gasteiger partial charge in [0.25, 0.3) is 5.91 Å². The highest BCUT2D eigenvalue weighted by atomic mass is 16.5. The lowest BCUT2D eigenvalue weighted by Gasteiger charge is -2.37. The number of morpholine rings is 1. The lowest BCUT2D eigenvalue weighted by atomic mass is 10.2. The zero-order chi connectivity index (χ0) is 17.5. The number of nitrogens with one attached hydrogen (secondary N) is 1. The first-order valence-corrected chi connectivity index (χ1v) is 9.44. The average molecular weight is 353 g/mol. The zero-order valence-corrected chi connectivity index (χ0v) is 15.3. The molecule has 0 aliphatic carbocycles. The van der Waals surface area contributed by atoms with Crippen LogP contribution < -0.4 is 5.32 Å². The predicted molar refractivity (Wildman–Crippen MR) is 95.7 cm³/mol. The quantitative estimate of drug-likeness (QED) is 0.528. The van der Waals surface area contributed by atoms with Gasteiger partial charge in [-0.1, -0.05) is 0 Å². The van der Waals surface area contributed by atoms with Crippen molar-refractivity contribution in [2.75, 3.05) is 79.2 Å². The van der Waals surface area contributed by atoms with Crippen LogP contribution in [0.2, 0.25) is 0 Å². The first-order chi connectivity index (χ1) is 12.3. The number of aliphatic imine (C=N–C) groups is 1. The van der Waals surface area contributed by atoms with Crippen LogP contribution in [-0.4, -0.2) is 112 Å². The molecule has 0 spiro atoms. The lowest BCUT2D eigenvalue weighted by molar-refractivity contribution is -0.142. The molecule has 0 aromatic rings. The Morgan fingerprint density at radius 1 is 1.08 bits per heavy atom. The van der Waals surface area contributed by atoms with Gasteiger partial charge in [0.05, 0.1) is 13.2 Å². The average Bonchev–Trinajstić information content (AvgIpc) is 3.20. The largest absolute Gasteiger partial charge is 0.379 e. The monoisotopic (exact) mass is 353 g/mol. The Kier molecular flexibility index (Phi) is 6.89. The number of carbonyl (C=O) groups is 1. The van der Waals surface area contributed by atoms with Gasteiger partial charge in [0.2, 0.25) is 0 Å². The number of ether oxygens (including phenoxy) is 2. The molecule has 25 heavy (non-hydrogen) atoms. The molecule has 3 fully saturated rings. The Morgan fingerprint density at radius 2 is 1.80 bits per heavy atom. The number of rotatable bonds is 4. The van der Waals surface area contributed by atoms with Crippen molar-refractivity contribution >= 4 is 11.9 Å². The highest BCUT2D eigenvalue weighted by molar-refractivity contribution is 5.82. The van der Waals surface area contributed by atoms with Crippen LogP contribution in [-0.2, 0) is 14.3 Å². The molecule has 1 atom stereocenters. The number of carbonyl (C=O) groups excluding carboxylic acids is 1. The summed E-state index contributed by atoms with van der Waals surface area (Å²) in [5.74, 6) is 1.09. The van der Waals surface area contributed by atoms with Crippen molar-refractivity contribution in [3.8, 4) is 0 Å². The molecule has 1 amide bonds. The van der Waals surface area contributed by atoms with Crippen LogP contribution in [0.15, 0.2) is 4.99 Å². The Hall–Kier alpha value is -1.38. The van der Waals surface area contributed by atoms with E-state index in [4.69, 9.17) is 9.47 Å². The summed E-state index contributed by atoms with van der Waals surface area (Å²) < 4.78 is 10.9. The number of hydrogen-bond acceptors (Lipinski definition) is 5. The van der Waals surface area contributed by atoms with Crippen LogP contribution in [0.5, 0.6) is 0 Å². The van der Waals surface area contributed by atoms with E-state index in [1.165, 1.54) is 0 Å². The van der Waals surface area contributed by atoms with Gasteiger partial charge in [0.1, 0.15) is 6.10 Å². The third-order valence-electron chi connectivity index (χ3n) is 5.12. The summed E-state index contributed by atoms with van der Waals surface area (Å²) >= 11 is 0. The van der Waals surface area contributed by atoms with Crippen molar-refractivity contribution < 1.29 is 14.3 Å². The van der Waals surface area contributed by atoms with Gasteiger partial charge in [-0.05, 0) is 12.8 Å². The highest BCUT2D eigenvalue weighted by Gasteiger charge is 2.30. The minimum atomic E-state index is -0.211. The molecule has 3 heterocycles. The van der Waals surface area contributed by atoms with Crippen LogP contribution in [0, 0.1) is 0 Å². The van der Waals surface area contributed by atoms with Crippen molar-refractivity contribution in [2.24, 2.45) is 4.99 Å². The second-order valence-corrected chi connectivity index (χ2v) is 6.74. The molecule has 3 rings (SSSR count). The van der Waals surface area contributed by atoms with E-state index >= 15 is 0 Å². The molecule has 0 aromatic heterocycles. The van der Waals surface area contributed by atoms with Crippen molar-refractivity contribution in [1.29, 1.82) is 0 Å². The van der Waals surface area contributed by atoms with Crippen LogP contribution in [0.25, 0.3) is 0 Å². The molecule has 1 unspecified atom stereocenters.